The molecular formula is C43H52. The van der Waals surface area contributed by atoms with E-state index in [9.17, 15) is 0 Å². The molecule has 5 rings (SSSR count). The molecule has 4 aromatic rings. The Balaban J connectivity index is 1.57. The van der Waals surface area contributed by atoms with E-state index in [1.165, 1.54) is 123 Å². The fourth-order valence-corrected chi connectivity index (χ4v) is 7.40. The molecule has 0 bridgehead atoms. The van der Waals surface area contributed by atoms with E-state index in [1.807, 2.05) is 0 Å². The molecule has 0 atom stereocenters. The molecule has 0 nitrogen and oxygen atoms in total. The molecule has 1 aliphatic carbocycles. The Morgan fingerprint density at radius 3 is 1.74 bits per heavy atom. The third-order valence-corrected chi connectivity index (χ3v) is 9.68. The zero-order chi connectivity index (χ0) is 29.7. The molecule has 0 saturated carbocycles. The Labute approximate surface area is 262 Å². The van der Waals surface area contributed by atoms with Crippen LogP contribution in [0.5, 0.6) is 0 Å². The summed E-state index contributed by atoms with van der Waals surface area (Å²) in [6, 6.07) is 36.2. The summed E-state index contributed by atoms with van der Waals surface area (Å²) >= 11 is 0. The predicted octanol–water partition coefficient (Wildman–Crippen LogP) is 13.3. The van der Waals surface area contributed by atoms with E-state index < -0.39 is 0 Å². The first-order valence-corrected chi connectivity index (χ1v) is 17.3. The molecule has 43 heavy (non-hydrogen) atoms. The van der Waals surface area contributed by atoms with Crippen LogP contribution in [0, 0.1) is 0 Å². The third-order valence-electron chi connectivity index (χ3n) is 9.68. The van der Waals surface area contributed by atoms with Crippen molar-refractivity contribution in [3.63, 3.8) is 0 Å². The molecule has 4 aromatic carbocycles. The first-order valence-electron chi connectivity index (χ1n) is 17.3. The fourth-order valence-electron chi connectivity index (χ4n) is 7.40. The van der Waals surface area contributed by atoms with E-state index in [0.29, 0.717) is 0 Å². The van der Waals surface area contributed by atoms with E-state index in [2.05, 4.69) is 123 Å². The Hall–Kier alpha value is -3.38. The Morgan fingerprint density at radius 2 is 1.09 bits per heavy atom. The van der Waals surface area contributed by atoms with Gasteiger partial charge in [-0.25, -0.2) is 0 Å². The van der Waals surface area contributed by atoms with Gasteiger partial charge in [0.05, 0.1) is 0 Å². The van der Waals surface area contributed by atoms with Crippen LogP contribution in [0.15, 0.2) is 97.1 Å². The first kappa shape index (κ1) is 31.1. The van der Waals surface area contributed by atoms with Gasteiger partial charge in [-0.05, 0) is 63.4 Å². The van der Waals surface area contributed by atoms with Crippen LogP contribution in [-0.2, 0) is 5.41 Å². The molecular weight excluding hydrogens is 516 g/mol. The molecule has 1 aliphatic rings. The zero-order valence-corrected chi connectivity index (χ0v) is 26.8. The van der Waals surface area contributed by atoms with Gasteiger partial charge < -0.3 is 0 Å². The monoisotopic (exact) mass is 568 g/mol. The smallest absolute Gasteiger partial charge is 0.0221 e. The van der Waals surface area contributed by atoms with Gasteiger partial charge in [0.15, 0.2) is 0 Å². The van der Waals surface area contributed by atoms with Gasteiger partial charge in [-0.1, -0.05) is 194 Å². The van der Waals surface area contributed by atoms with Crippen LogP contribution in [-0.4, -0.2) is 0 Å². The number of benzene rings is 4. The van der Waals surface area contributed by atoms with Crippen LogP contribution in [0.2, 0.25) is 0 Å². The zero-order valence-electron chi connectivity index (χ0n) is 26.8. The number of hydrogen-bond acceptors (Lipinski definition) is 0. The second-order valence-corrected chi connectivity index (χ2v) is 12.8. The SMILES string of the molecule is CCCCCCCCC1(CCCCCCCC)c2cc(-c3ccccc3)ccc2-c2cccc(C=Cc3ccccc3)c21. The summed E-state index contributed by atoms with van der Waals surface area (Å²) in [4.78, 5) is 0. The molecule has 224 valence electrons. The Kier molecular flexibility index (Phi) is 11.5. The minimum absolute atomic E-state index is 0.0581. The minimum atomic E-state index is 0.0581. The van der Waals surface area contributed by atoms with Crippen molar-refractivity contribution < 1.29 is 0 Å². The van der Waals surface area contributed by atoms with E-state index in [0.717, 1.165) is 0 Å². The van der Waals surface area contributed by atoms with E-state index in [-0.39, 0.29) is 5.41 Å². The lowest BCUT2D eigenvalue weighted by Crippen LogP contribution is -2.26. The van der Waals surface area contributed by atoms with Crippen molar-refractivity contribution in [1.29, 1.82) is 0 Å². The van der Waals surface area contributed by atoms with Crippen LogP contribution in [0.4, 0.5) is 0 Å². The van der Waals surface area contributed by atoms with Gasteiger partial charge in [0.2, 0.25) is 0 Å². The van der Waals surface area contributed by atoms with Crippen molar-refractivity contribution in [3.8, 4) is 22.3 Å². The minimum Gasteiger partial charge on any atom is -0.0654 e. The largest absolute Gasteiger partial charge is 0.0654 e. The molecule has 0 spiro atoms. The Bertz CT molecular complexity index is 1410. The average molecular weight is 569 g/mol. The maximum atomic E-state index is 2.57. The van der Waals surface area contributed by atoms with Crippen LogP contribution in [0.1, 0.15) is 126 Å². The van der Waals surface area contributed by atoms with Gasteiger partial charge in [-0.2, -0.15) is 0 Å². The second-order valence-electron chi connectivity index (χ2n) is 12.8. The van der Waals surface area contributed by atoms with E-state index in [4.69, 9.17) is 0 Å². The number of hydrogen-bond donors (Lipinski definition) is 0. The summed E-state index contributed by atoms with van der Waals surface area (Å²) in [5.74, 6) is 0. The number of fused-ring (bicyclic) bond motifs is 3. The van der Waals surface area contributed by atoms with Gasteiger partial charge in [0, 0.05) is 5.41 Å². The fraction of sp³-hybridized carbons (Fsp3) is 0.395. The molecule has 0 amide bonds. The molecule has 0 N–H and O–H groups in total. The molecule has 0 aliphatic heterocycles. The highest BCUT2D eigenvalue weighted by Crippen LogP contribution is 2.56. The topological polar surface area (TPSA) is 0 Å². The quantitative estimate of drug-likeness (QED) is 0.0877. The molecule has 0 heteroatoms. The highest BCUT2D eigenvalue weighted by atomic mass is 14.5. The summed E-state index contributed by atoms with van der Waals surface area (Å²) in [6.07, 6.45) is 23.3. The van der Waals surface area contributed by atoms with Gasteiger partial charge in [0.25, 0.3) is 0 Å². The first-order chi connectivity index (χ1) is 21.3. The summed E-state index contributed by atoms with van der Waals surface area (Å²) in [6.45, 7) is 4.63. The highest BCUT2D eigenvalue weighted by Gasteiger charge is 2.43. The van der Waals surface area contributed by atoms with Crippen molar-refractivity contribution in [1.82, 2.24) is 0 Å². The molecule has 0 unspecified atom stereocenters. The van der Waals surface area contributed by atoms with E-state index >= 15 is 0 Å². The molecule has 0 radical (unpaired) electrons. The summed E-state index contributed by atoms with van der Waals surface area (Å²) in [7, 11) is 0. The van der Waals surface area contributed by atoms with E-state index in [1.54, 1.807) is 11.1 Å². The van der Waals surface area contributed by atoms with Gasteiger partial charge in [-0.15, -0.1) is 0 Å². The van der Waals surface area contributed by atoms with Crippen LogP contribution < -0.4 is 0 Å². The third kappa shape index (κ3) is 7.59. The normalized spacial score (nSPS) is 13.3. The standard InChI is InChI=1S/C43H52/c1-3-5-7-9-11-19-32-43(33-20-12-10-8-6-4-2)41-34-38(36-24-17-14-18-25-36)30-31-39(41)40-27-21-26-37(42(40)43)29-28-35-22-15-13-16-23-35/h13-18,21-31,34H,3-12,19-20,32-33H2,1-2H3. The average Bonchev–Trinajstić information content (AvgIpc) is 3.34. The van der Waals surface area contributed by atoms with Crippen molar-refractivity contribution in [3.05, 3.63) is 119 Å². The highest BCUT2D eigenvalue weighted by molar-refractivity contribution is 5.88. The Morgan fingerprint density at radius 1 is 0.488 bits per heavy atom. The van der Waals surface area contributed by atoms with Crippen molar-refractivity contribution in [2.24, 2.45) is 0 Å². The summed E-state index contributed by atoms with van der Waals surface area (Å²) < 4.78 is 0. The van der Waals surface area contributed by atoms with Crippen LogP contribution in [0.3, 0.4) is 0 Å². The van der Waals surface area contributed by atoms with Crippen LogP contribution >= 0.6 is 0 Å². The maximum Gasteiger partial charge on any atom is 0.0221 e. The van der Waals surface area contributed by atoms with Gasteiger partial charge in [-0.3, -0.25) is 0 Å². The lowest BCUT2D eigenvalue weighted by Gasteiger charge is -2.34. The predicted molar refractivity (Wildman–Crippen MR) is 189 cm³/mol. The number of rotatable bonds is 17. The molecule has 0 saturated heterocycles. The van der Waals surface area contributed by atoms with Crippen molar-refractivity contribution >= 4 is 12.2 Å². The van der Waals surface area contributed by atoms with Crippen molar-refractivity contribution in [2.45, 2.75) is 109 Å². The van der Waals surface area contributed by atoms with Crippen molar-refractivity contribution in [2.75, 3.05) is 0 Å². The van der Waals surface area contributed by atoms with Gasteiger partial charge >= 0.3 is 0 Å². The molecule has 0 fully saturated rings. The summed E-state index contributed by atoms with van der Waals surface area (Å²) in [5.41, 5.74) is 11.5. The molecule has 0 aromatic heterocycles. The maximum absolute atomic E-state index is 2.57. The van der Waals surface area contributed by atoms with Gasteiger partial charge in [0.1, 0.15) is 0 Å². The second kappa shape index (κ2) is 15.9. The molecule has 0 heterocycles. The lowest BCUT2D eigenvalue weighted by molar-refractivity contribution is 0.397. The van der Waals surface area contributed by atoms with Crippen LogP contribution in [0.25, 0.3) is 34.4 Å². The number of unbranched alkanes of at least 4 members (excludes halogenated alkanes) is 10. The lowest BCUT2D eigenvalue weighted by atomic mass is 9.69. The summed E-state index contributed by atoms with van der Waals surface area (Å²) in [5, 5.41) is 0.